The summed E-state index contributed by atoms with van der Waals surface area (Å²) < 4.78 is 15.8. The molecule has 1 amide bonds. The largest absolute Gasteiger partial charge is 0.488 e. The van der Waals surface area contributed by atoms with E-state index in [1.54, 1.807) is 14.2 Å². The standard InChI is InChI=1S/C14H21NO4/c1-9-6-7-12(19-8-13(17-4)18-5)10(2)14(9)15-11(3)16/h6-7,13H,8H2,1-5H3,(H,15,16). The Morgan fingerprint density at radius 1 is 1.26 bits per heavy atom. The molecule has 5 nitrogen and oxygen atoms in total. The fourth-order valence-corrected chi connectivity index (χ4v) is 1.74. The maximum atomic E-state index is 11.2. The fourth-order valence-electron chi connectivity index (χ4n) is 1.74. The summed E-state index contributed by atoms with van der Waals surface area (Å²) in [6.45, 7) is 5.62. The van der Waals surface area contributed by atoms with Crippen molar-refractivity contribution < 1.29 is 19.0 Å². The number of ether oxygens (including phenoxy) is 3. The van der Waals surface area contributed by atoms with Gasteiger partial charge in [0, 0.05) is 26.7 Å². The van der Waals surface area contributed by atoms with Gasteiger partial charge in [0.05, 0.1) is 5.69 Å². The zero-order chi connectivity index (χ0) is 14.4. The molecule has 106 valence electrons. The monoisotopic (exact) mass is 267 g/mol. The molecule has 1 N–H and O–H groups in total. The second-order valence-corrected chi connectivity index (χ2v) is 4.27. The van der Waals surface area contributed by atoms with Crippen LogP contribution >= 0.6 is 0 Å². The van der Waals surface area contributed by atoms with E-state index in [1.165, 1.54) is 6.92 Å². The Morgan fingerprint density at radius 3 is 2.42 bits per heavy atom. The molecule has 0 aliphatic rings. The molecular weight excluding hydrogens is 246 g/mol. The SMILES string of the molecule is COC(COc1ccc(C)c(NC(C)=O)c1C)OC. The average molecular weight is 267 g/mol. The number of amides is 1. The summed E-state index contributed by atoms with van der Waals surface area (Å²) in [4.78, 5) is 11.2. The fraction of sp³-hybridized carbons (Fsp3) is 0.500. The van der Waals surface area contributed by atoms with Gasteiger partial charge in [-0.3, -0.25) is 4.79 Å². The Kier molecular flexibility index (Phi) is 5.79. The number of benzene rings is 1. The van der Waals surface area contributed by atoms with Crippen LogP contribution < -0.4 is 10.1 Å². The lowest BCUT2D eigenvalue weighted by Crippen LogP contribution is -2.22. The Balaban J connectivity index is 2.87. The van der Waals surface area contributed by atoms with Gasteiger partial charge in [-0.1, -0.05) is 6.07 Å². The maximum Gasteiger partial charge on any atom is 0.221 e. The van der Waals surface area contributed by atoms with Crippen LogP contribution in [0.15, 0.2) is 12.1 Å². The van der Waals surface area contributed by atoms with E-state index in [9.17, 15) is 4.79 Å². The number of carbonyl (C=O) groups is 1. The lowest BCUT2D eigenvalue weighted by molar-refractivity contribution is -0.122. The predicted octanol–water partition coefficient (Wildman–Crippen LogP) is 2.26. The van der Waals surface area contributed by atoms with E-state index in [0.717, 1.165) is 16.8 Å². The van der Waals surface area contributed by atoms with Gasteiger partial charge in [0.15, 0.2) is 6.29 Å². The topological polar surface area (TPSA) is 56.8 Å². The van der Waals surface area contributed by atoms with Gasteiger partial charge in [-0.05, 0) is 25.5 Å². The highest BCUT2D eigenvalue weighted by molar-refractivity contribution is 5.91. The average Bonchev–Trinajstić information content (AvgIpc) is 2.37. The van der Waals surface area contributed by atoms with Gasteiger partial charge in [0.1, 0.15) is 12.4 Å². The zero-order valence-electron chi connectivity index (χ0n) is 12.1. The van der Waals surface area contributed by atoms with Crippen molar-refractivity contribution in [3.63, 3.8) is 0 Å². The molecule has 1 aromatic carbocycles. The second kappa shape index (κ2) is 7.11. The molecule has 0 bridgehead atoms. The third kappa shape index (κ3) is 4.22. The van der Waals surface area contributed by atoms with Crippen LogP contribution in [0, 0.1) is 13.8 Å². The van der Waals surface area contributed by atoms with Crippen LogP contribution in [0.2, 0.25) is 0 Å². The quantitative estimate of drug-likeness (QED) is 0.803. The van der Waals surface area contributed by atoms with Gasteiger partial charge >= 0.3 is 0 Å². The number of hydrogen-bond acceptors (Lipinski definition) is 4. The smallest absolute Gasteiger partial charge is 0.221 e. The van der Waals surface area contributed by atoms with Crippen LogP contribution in [-0.2, 0) is 14.3 Å². The number of rotatable bonds is 6. The molecular formula is C14H21NO4. The lowest BCUT2D eigenvalue weighted by Gasteiger charge is -2.18. The first kappa shape index (κ1) is 15.5. The van der Waals surface area contributed by atoms with E-state index < -0.39 is 6.29 Å². The third-order valence-corrected chi connectivity index (χ3v) is 2.83. The molecule has 0 radical (unpaired) electrons. The van der Waals surface area contributed by atoms with Gasteiger partial charge in [-0.25, -0.2) is 0 Å². The van der Waals surface area contributed by atoms with E-state index >= 15 is 0 Å². The molecule has 1 aromatic rings. The number of anilines is 1. The van der Waals surface area contributed by atoms with Crippen molar-refractivity contribution in [1.82, 2.24) is 0 Å². The van der Waals surface area contributed by atoms with Crippen LogP contribution in [-0.4, -0.2) is 33.0 Å². The molecule has 0 heterocycles. The molecule has 0 atom stereocenters. The van der Waals surface area contributed by atoms with Gasteiger partial charge in [0.2, 0.25) is 5.91 Å². The molecule has 1 rings (SSSR count). The van der Waals surface area contributed by atoms with E-state index in [4.69, 9.17) is 14.2 Å². The number of aryl methyl sites for hydroxylation is 1. The molecule has 0 aromatic heterocycles. The van der Waals surface area contributed by atoms with E-state index in [2.05, 4.69) is 5.32 Å². The van der Waals surface area contributed by atoms with Gasteiger partial charge in [-0.15, -0.1) is 0 Å². The first-order valence-electron chi connectivity index (χ1n) is 6.05. The summed E-state index contributed by atoms with van der Waals surface area (Å²) in [5.74, 6) is 0.600. The summed E-state index contributed by atoms with van der Waals surface area (Å²) in [6, 6.07) is 3.78. The second-order valence-electron chi connectivity index (χ2n) is 4.27. The van der Waals surface area contributed by atoms with Crippen molar-refractivity contribution in [1.29, 1.82) is 0 Å². The number of carbonyl (C=O) groups excluding carboxylic acids is 1. The minimum Gasteiger partial charge on any atom is -0.488 e. The Bertz CT molecular complexity index is 441. The van der Waals surface area contributed by atoms with Crippen LogP contribution in [0.5, 0.6) is 5.75 Å². The predicted molar refractivity (Wildman–Crippen MR) is 73.5 cm³/mol. The summed E-state index contributed by atoms with van der Waals surface area (Å²) in [6.07, 6.45) is -0.412. The first-order chi connectivity index (χ1) is 8.99. The molecule has 0 spiro atoms. The van der Waals surface area contributed by atoms with Crippen molar-refractivity contribution in [2.75, 3.05) is 26.1 Å². The molecule has 0 saturated heterocycles. The molecule has 0 unspecified atom stereocenters. The van der Waals surface area contributed by atoms with Crippen LogP contribution in [0.3, 0.4) is 0 Å². The summed E-state index contributed by atoms with van der Waals surface area (Å²) in [5.41, 5.74) is 2.67. The molecule has 0 saturated carbocycles. The van der Waals surface area contributed by atoms with Crippen molar-refractivity contribution in [2.24, 2.45) is 0 Å². The minimum absolute atomic E-state index is 0.102. The normalized spacial score (nSPS) is 10.6. The summed E-state index contributed by atoms with van der Waals surface area (Å²) >= 11 is 0. The molecule has 0 aliphatic carbocycles. The molecule has 5 heteroatoms. The van der Waals surface area contributed by atoms with Crippen molar-refractivity contribution in [2.45, 2.75) is 27.1 Å². The van der Waals surface area contributed by atoms with Crippen LogP contribution in [0.25, 0.3) is 0 Å². The van der Waals surface area contributed by atoms with Gasteiger partial charge < -0.3 is 19.5 Å². The molecule has 0 aliphatic heterocycles. The minimum atomic E-state index is -0.412. The highest BCUT2D eigenvalue weighted by Gasteiger charge is 2.12. The Labute approximate surface area is 113 Å². The Hall–Kier alpha value is -1.59. The highest BCUT2D eigenvalue weighted by atomic mass is 16.7. The van der Waals surface area contributed by atoms with Crippen molar-refractivity contribution >= 4 is 11.6 Å². The highest BCUT2D eigenvalue weighted by Crippen LogP contribution is 2.29. The number of methoxy groups -OCH3 is 2. The van der Waals surface area contributed by atoms with E-state index in [1.807, 2.05) is 26.0 Å². The Morgan fingerprint density at radius 2 is 1.89 bits per heavy atom. The van der Waals surface area contributed by atoms with Gasteiger partial charge in [-0.2, -0.15) is 0 Å². The van der Waals surface area contributed by atoms with Crippen molar-refractivity contribution in [3.8, 4) is 5.75 Å². The summed E-state index contributed by atoms with van der Waals surface area (Å²) in [7, 11) is 3.12. The number of nitrogens with one attached hydrogen (secondary N) is 1. The number of hydrogen-bond donors (Lipinski definition) is 1. The third-order valence-electron chi connectivity index (χ3n) is 2.83. The van der Waals surface area contributed by atoms with E-state index in [0.29, 0.717) is 5.75 Å². The first-order valence-corrected chi connectivity index (χ1v) is 6.05. The van der Waals surface area contributed by atoms with Crippen molar-refractivity contribution in [3.05, 3.63) is 23.3 Å². The summed E-state index contributed by atoms with van der Waals surface area (Å²) in [5, 5.41) is 2.82. The lowest BCUT2D eigenvalue weighted by atomic mass is 10.1. The maximum absolute atomic E-state index is 11.2. The molecule has 0 fully saturated rings. The molecule has 19 heavy (non-hydrogen) atoms. The van der Waals surface area contributed by atoms with E-state index in [-0.39, 0.29) is 12.5 Å². The van der Waals surface area contributed by atoms with Crippen LogP contribution in [0.4, 0.5) is 5.69 Å². The van der Waals surface area contributed by atoms with Gasteiger partial charge in [0.25, 0.3) is 0 Å². The van der Waals surface area contributed by atoms with Crippen LogP contribution in [0.1, 0.15) is 18.1 Å². The zero-order valence-corrected chi connectivity index (χ0v) is 12.1.